The summed E-state index contributed by atoms with van der Waals surface area (Å²) in [6.07, 6.45) is 1.58. The van der Waals surface area contributed by atoms with Crippen molar-refractivity contribution in [1.82, 2.24) is 4.98 Å². The molecule has 0 radical (unpaired) electrons. The number of sulfone groups is 1. The minimum absolute atomic E-state index is 0.0355. The lowest BCUT2D eigenvalue weighted by atomic mass is 10.4. The molecule has 0 amide bonds. The first-order valence-electron chi connectivity index (χ1n) is 4.38. The Balaban J connectivity index is 2.79. The molecule has 0 aliphatic rings. The van der Waals surface area contributed by atoms with Crippen molar-refractivity contribution < 1.29 is 8.42 Å². The molecule has 1 aromatic heterocycles. The molecule has 5 heteroatoms. The second kappa shape index (κ2) is 4.52. The summed E-state index contributed by atoms with van der Waals surface area (Å²) in [6.45, 7) is 1.76. The highest BCUT2D eigenvalue weighted by Gasteiger charge is 2.19. The first-order chi connectivity index (χ1) is 6.56. The summed E-state index contributed by atoms with van der Waals surface area (Å²) in [5, 5.41) is -0.510. The minimum Gasteiger partial charge on any atom is -0.329 e. The molecule has 0 aliphatic heterocycles. The first-order valence-corrected chi connectivity index (χ1v) is 6.09. The van der Waals surface area contributed by atoms with Gasteiger partial charge in [0.2, 0.25) is 0 Å². The topological polar surface area (TPSA) is 73.1 Å². The summed E-state index contributed by atoms with van der Waals surface area (Å²) < 4.78 is 23.2. The maximum Gasteiger partial charge on any atom is 0.159 e. The van der Waals surface area contributed by atoms with E-state index in [1.807, 2.05) is 0 Å². The zero-order valence-electron chi connectivity index (χ0n) is 8.05. The molecule has 14 heavy (non-hydrogen) atoms. The summed E-state index contributed by atoms with van der Waals surface area (Å²) in [7, 11) is -3.15. The van der Waals surface area contributed by atoms with Crippen molar-refractivity contribution in [2.24, 2.45) is 5.73 Å². The minimum atomic E-state index is -3.15. The maximum atomic E-state index is 11.6. The molecule has 0 spiro atoms. The average molecular weight is 214 g/mol. The molecule has 1 atom stereocenters. The fourth-order valence-electron chi connectivity index (χ4n) is 0.978. The van der Waals surface area contributed by atoms with Crippen molar-refractivity contribution in [3.63, 3.8) is 0 Å². The van der Waals surface area contributed by atoms with Crippen molar-refractivity contribution in [2.75, 3.05) is 6.54 Å². The first kappa shape index (κ1) is 11.1. The van der Waals surface area contributed by atoms with Gasteiger partial charge >= 0.3 is 0 Å². The standard InChI is InChI=1S/C9H14N2O2S/c1-8(6-10)14(12,13)7-9-4-2-3-5-11-9/h2-5,8H,6-7,10H2,1H3. The van der Waals surface area contributed by atoms with Crippen LogP contribution in [-0.2, 0) is 15.6 Å². The van der Waals surface area contributed by atoms with Crippen LogP contribution in [-0.4, -0.2) is 25.2 Å². The number of hydrogen-bond acceptors (Lipinski definition) is 4. The summed E-state index contributed by atoms with van der Waals surface area (Å²) in [4.78, 5) is 3.96. The van der Waals surface area contributed by atoms with Crippen LogP contribution in [0.2, 0.25) is 0 Å². The molecule has 1 heterocycles. The zero-order chi connectivity index (χ0) is 10.6. The number of pyridine rings is 1. The van der Waals surface area contributed by atoms with Gasteiger partial charge in [0.15, 0.2) is 9.84 Å². The molecule has 0 saturated heterocycles. The predicted molar refractivity (Wildman–Crippen MR) is 55.4 cm³/mol. The smallest absolute Gasteiger partial charge is 0.159 e. The quantitative estimate of drug-likeness (QED) is 0.784. The largest absolute Gasteiger partial charge is 0.329 e. The predicted octanol–water partition coefficient (Wildman–Crippen LogP) is 0.344. The molecule has 78 valence electrons. The third-order valence-corrected chi connectivity index (χ3v) is 4.14. The molecular weight excluding hydrogens is 200 g/mol. The summed E-state index contributed by atoms with van der Waals surface area (Å²) in [6, 6.07) is 5.22. The molecule has 0 aliphatic carbocycles. The second-order valence-electron chi connectivity index (χ2n) is 3.17. The van der Waals surface area contributed by atoms with Gasteiger partial charge in [0.05, 0.1) is 16.7 Å². The molecule has 1 unspecified atom stereocenters. The highest BCUT2D eigenvalue weighted by atomic mass is 32.2. The van der Waals surface area contributed by atoms with Crippen molar-refractivity contribution in [3.8, 4) is 0 Å². The van der Waals surface area contributed by atoms with Crippen LogP contribution >= 0.6 is 0 Å². The van der Waals surface area contributed by atoms with Crippen molar-refractivity contribution in [1.29, 1.82) is 0 Å². The van der Waals surface area contributed by atoms with Gasteiger partial charge in [0.1, 0.15) is 0 Å². The van der Waals surface area contributed by atoms with E-state index in [1.165, 1.54) is 0 Å². The highest BCUT2D eigenvalue weighted by molar-refractivity contribution is 7.91. The second-order valence-corrected chi connectivity index (χ2v) is 5.59. The van der Waals surface area contributed by atoms with E-state index in [1.54, 1.807) is 31.3 Å². The zero-order valence-corrected chi connectivity index (χ0v) is 8.87. The van der Waals surface area contributed by atoms with E-state index >= 15 is 0 Å². The molecular formula is C9H14N2O2S. The van der Waals surface area contributed by atoms with Gasteiger partial charge < -0.3 is 5.73 Å². The molecule has 1 rings (SSSR count). The molecule has 2 N–H and O–H groups in total. The van der Waals surface area contributed by atoms with Crippen molar-refractivity contribution in [2.45, 2.75) is 17.9 Å². The SMILES string of the molecule is CC(CN)S(=O)(=O)Cc1ccccn1. The number of aromatic nitrogens is 1. The van der Waals surface area contributed by atoms with E-state index < -0.39 is 15.1 Å². The lowest BCUT2D eigenvalue weighted by molar-refractivity contribution is 0.582. The van der Waals surface area contributed by atoms with Gasteiger partial charge in [-0.3, -0.25) is 4.98 Å². The van der Waals surface area contributed by atoms with Crippen LogP contribution in [0.25, 0.3) is 0 Å². The van der Waals surface area contributed by atoms with Crippen molar-refractivity contribution >= 4 is 9.84 Å². The number of nitrogens with zero attached hydrogens (tertiary/aromatic N) is 1. The molecule has 0 saturated carbocycles. The van der Waals surface area contributed by atoms with E-state index in [2.05, 4.69) is 4.98 Å². The van der Waals surface area contributed by atoms with Gasteiger partial charge in [-0.2, -0.15) is 0 Å². The molecule has 0 fully saturated rings. The Morgan fingerprint density at radius 2 is 2.21 bits per heavy atom. The van der Waals surface area contributed by atoms with Gasteiger partial charge in [-0.15, -0.1) is 0 Å². The molecule has 0 aromatic carbocycles. The third kappa shape index (κ3) is 2.78. The molecule has 4 nitrogen and oxygen atoms in total. The van der Waals surface area contributed by atoms with Crippen LogP contribution in [0.3, 0.4) is 0 Å². The summed E-state index contributed by atoms with van der Waals surface area (Å²) >= 11 is 0. The summed E-state index contributed by atoms with van der Waals surface area (Å²) in [5.41, 5.74) is 5.88. The van der Waals surface area contributed by atoms with Crippen LogP contribution in [0.4, 0.5) is 0 Å². The Bertz CT molecular complexity index is 375. The van der Waals surface area contributed by atoms with Crippen molar-refractivity contribution in [3.05, 3.63) is 30.1 Å². The molecule has 0 bridgehead atoms. The Labute approximate surface area is 84.1 Å². The van der Waals surface area contributed by atoms with Crippen LogP contribution in [0.15, 0.2) is 24.4 Å². The average Bonchev–Trinajstić information content (AvgIpc) is 2.17. The van der Waals surface area contributed by atoms with Crippen LogP contribution in [0, 0.1) is 0 Å². The summed E-state index contributed by atoms with van der Waals surface area (Å²) in [5.74, 6) is -0.0355. The van der Waals surface area contributed by atoms with E-state index in [9.17, 15) is 8.42 Å². The monoisotopic (exact) mass is 214 g/mol. The number of rotatable bonds is 4. The van der Waals surface area contributed by atoms with E-state index in [0.717, 1.165) is 0 Å². The van der Waals surface area contributed by atoms with Crippen LogP contribution < -0.4 is 5.73 Å². The fraction of sp³-hybridized carbons (Fsp3) is 0.444. The van der Waals surface area contributed by atoms with E-state index in [0.29, 0.717) is 5.69 Å². The fourth-order valence-corrected chi connectivity index (χ4v) is 2.14. The normalized spacial score (nSPS) is 13.9. The molecule has 1 aromatic rings. The van der Waals surface area contributed by atoms with E-state index in [4.69, 9.17) is 5.73 Å². The van der Waals surface area contributed by atoms with E-state index in [-0.39, 0.29) is 12.3 Å². The Morgan fingerprint density at radius 1 is 1.50 bits per heavy atom. The number of hydrogen-bond donors (Lipinski definition) is 1. The van der Waals surface area contributed by atoms with Gasteiger partial charge in [0.25, 0.3) is 0 Å². The van der Waals surface area contributed by atoms with Gasteiger partial charge in [-0.1, -0.05) is 6.07 Å². The third-order valence-electron chi connectivity index (χ3n) is 2.02. The Morgan fingerprint density at radius 3 is 2.71 bits per heavy atom. The van der Waals surface area contributed by atoms with Crippen LogP contribution in [0.5, 0.6) is 0 Å². The Kier molecular flexibility index (Phi) is 3.60. The van der Waals surface area contributed by atoms with Crippen LogP contribution in [0.1, 0.15) is 12.6 Å². The van der Waals surface area contributed by atoms with Gasteiger partial charge in [-0.25, -0.2) is 8.42 Å². The highest BCUT2D eigenvalue weighted by Crippen LogP contribution is 2.07. The maximum absolute atomic E-state index is 11.6. The van der Waals surface area contributed by atoms with Gasteiger partial charge in [-0.05, 0) is 19.1 Å². The Hall–Kier alpha value is -0.940. The number of nitrogens with two attached hydrogens (primary N) is 1. The lowest BCUT2D eigenvalue weighted by Crippen LogP contribution is -2.27. The van der Waals surface area contributed by atoms with Gasteiger partial charge in [0, 0.05) is 12.7 Å². The lowest BCUT2D eigenvalue weighted by Gasteiger charge is -2.09.